The largest absolute Gasteiger partial charge is 0.401 e. The molecule has 1 fully saturated rings. The maximum absolute atomic E-state index is 12.5. The molecule has 1 aromatic rings. The fourth-order valence-electron chi connectivity index (χ4n) is 3.45. The molecule has 1 aliphatic heterocycles. The molecule has 3 N–H and O–H groups in total. The summed E-state index contributed by atoms with van der Waals surface area (Å²) in [4.78, 5) is 5.96. The van der Waals surface area contributed by atoms with Gasteiger partial charge in [-0.1, -0.05) is 0 Å². The van der Waals surface area contributed by atoms with Gasteiger partial charge in [0.2, 0.25) is 0 Å². The Bertz CT molecular complexity index is 651. The quantitative estimate of drug-likeness (QED) is 0.444. The van der Waals surface area contributed by atoms with Crippen LogP contribution in [-0.2, 0) is 12.6 Å². The highest BCUT2D eigenvalue weighted by molar-refractivity contribution is 5.79. The fraction of sp³-hybridized carbons (Fsp3) is 0.789. The number of hydrogen-bond donors (Lipinski definition) is 3. The minimum absolute atomic E-state index is 0.184. The van der Waals surface area contributed by atoms with Crippen molar-refractivity contribution in [3.8, 4) is 0 Å². The maximum Gasteiger partial charge on any atom is 0.401 e. The van der Waals surface area contributed by atoms with Gasteiger partial charge in [0.15, 0.2) is 5.96 Å². The highest BCUT2D eigenvalue weighted by atomic mass is 19.4. The molecule has 1 aliphatic rings. The van der Waals surface area contributed by atoms with E-state index in [2.05, 4.69) is 20.7 Å². The number of nitrogens with zero attached hydrogens (tertiary/aromatic N) is 4. The summed E-state index contributed by atoms with van der Waals surface area (Å²) in [7, 11) is 1.79. The summed E-state index contributed by atoms with van der Waals surface area (Å²) >= 11 is 0. The fourth-order valence-corrected chi connectivity index (χ4v) is 3.45. The van der Waals surface area contributed by atoms with E-state index in [1.54, 1.807) is 31.0 Å². The molecule has 29 heavy (non-hydrogen) atoms. The Hall–Kier alpha value is -1.81. The lowest BCUT2D eigenvalue weighted by atomic mass is 9.93. The first kappa shape index (κ1) is 23.5. The van der Waals surface area contributed by atoms with Gasteiger partial charge in [-0.15, -0.1) is 0 Å². The number of aliphatic hydroxyl groups is 1. The van der Waals surface area contributed by atoms with Crippen molar-refractivity contribution in [3.05, 3.63) is 18.0 Å². The summed E-state index contributed by atoms with van der Waals surface area (Å²) < 4.78 is 39.1. The molecule has 1 unspecified atom stereocenters. The molecule has 1 aromatic heterocycles. The molecular weight excluding hydrogens is 385 g/mol. The second-order valence-electron chi connectivity index (χ2n) is 7.92. The standard InChI is InChI=1S/C19H33F3N6O/c1-4-23-17(25-13-18(2,29)16-11-26-27(3)12-16)24-8-5-15-6-9-28(10-7-15)14-19(20,21)22/h11-12,15,29H,4-10,13-14H2,1-3H3,(H2,23,24,25). The number of halogens is 3. The van der Waals surface area contributed by atoms with Gasteiger partial charge >= 0.3 is 6.18 Å². The van der Waals surface area contributed by atoms with Crippen molar-refractivity contribution in [3.63, 3.8) is 0 Å². The zero-order valence-corrected chi connectivity index (χ0v) is 17.5. The van der Waals surface area contributed by atoms with Crippen LogP contribution in [0.15, 0.2) is 17.4 Å². The van der Waals surface area contributed by atoms with Gasteiger partial charge in [0.25, 0.3) is 0 Å². The second-order valence-corrected chi connectivity index (χ2v) is 7.92. The van der Waals surface area contributed by atoms with Gasteiger partial charge < -0.3 is 15.7 Å². The van der Waals surface area contributed by atoms with E-state index in [4.69, 9.17) is 0 Å². The number of guanidine groups is 1. The minimum Gasteiger partial charge on any atom is -0.383 e. The molecule has 0 aromatic carbocycles. The van der Waals surface area contributed by atoms with Gasteiger partial charge in [0.1, 0.15) is 5.60 Å². The average Bonchev–Trinajstić information content (AvgIpc) is 3.07. The van der Waals surface area contributed by atoms with Gasteiger partial charge in [-0.3, -0.25) is 9.58 Å². The van der Waals surface area contributed by atoms with Crippen LogP contribution < -0.4 is 10.6 Å². The number of piperidine rings is 1. The highest BCUT2D eigenvalue weighted by Gasteiger charge is 2.32. The predicted octanol–water partition coefficient (Wildman–Crippen LogP) is 1.85. The lowest BCUT2D eigenvalue weighted by molar-refractivity contribution is -0.148. The van der Waals surface area contributed by atoms with Crippen molar-refractivity contribution < 1.29 is 18.3 Å². The Morgan fingerprint density at radius 1 is 1.31 bits per heavy atom. The summed E-state index contributed by atoms with van der Waals surface area (Å²) in [6.07, 6.45) is 1.70. The monoisotopic (exact) mass is 418 g/mol. The van der Waals surface area contributed by atoms with Crippen molar-refractivity contribution in [1.29, 1.82) is 0 Å². The van der Waals surface area contributed by atoms with Crippen molar-refractivity contribution in [2.75, 3.05) is 39.3 Å². The molecule has 166 valence electrons. The van der Waals surface area contributed by atoms with E-state index in [0.717, 1.165) is 19.3 Å². The predicted molar refractivity (Wildman–Crippen MR) is 107 cm³/mol. The van der Waals surface area contributed by atoms with Crippen molar-refractivity contribution in [2.45, 2.75) is 44.9 Å². The maximum atomic E-state index is 12.5. The molecule has 0 amide bonds. The zero-order valence-electron chi connectivity index (χ0n) is 17.5. The van der Waals surface area contributed by atoms with Crippen molar-refractivity contribution >= 4 is 5.96 Å². The van der Waals surface area contributed by atoms with Crippen LogP contribution in [0, 0.1) is 5.92 Å². The number of aryl methyl sites for hydroxylation is 1. The first-order chi connectivity index (χ1) is 13.6. The first-order valence-corrected chi connectivity index (χ1v) is 10.1. The van der Waals surface area contributed by atoms with Crippen LogP contribution in [0.1, 0.15) is 38.7 Å². The molecule has 0 saturated carbocycles. The molecule has 0 aliphatic carbocycles. The van der Waals surface area contributed by atoms with Crippen LogP contribution in [-0.4, -0.2) is 71.2 Å². The number of nitrogens with one attached hydrogen (secondary N) is 2. The number of aromatic nitrogens is 2. The summed E-state index contributed by atoms with van der Waals surface area (Å²) in [6, 6.07) is 0. The summed E-state index contributed by atoms with van der Waals surface area (Å²) in [5, 5.41) is 21.2. The van der Waals surface area contributed by atoms with Gasteiger partial charge in [-0.25, -0.2) is 4.99 Å². The molecule has 1 atom stereocenters. The normalized spacial score (nSPS) is 19.2. The Labute approximate surface area is 170 Å². The lowest BCUT2D eigenvalue weighted by Crippen LogP contribution is -2.42. The molecule has 10 heteroatoms. The molecule has 0 spiro atoms. The van der Waals surface area contributed by atoms with Crippen LogP contribution in [0.3, 0.4) is 0 Å². The zero-order chi connectivity index (χ0) is 21.5. The topological polar surface area (TPSA) is 77.7 Å². The number of aliphatic imine (C=N–C) groups is 1. The average molecular weight is 419 g/mol. The van der Waals surface area contributed by atoms with Crippen LogP contribution in [0.5, 0.6) is 0 Å². The number of rotatable bonds is 8. The SMILES string of the molecule is CCNC(=NCC(C)(O)c1cnn(C)c1)NCCC1CCN(CC(F)(F)F)CC1. The van der Waals surface area contributed by atoms with Gasteiger partial charge in [-0.2, -0.15) is 18.3 Å². The van der Waals surface area contributed by atoms with E-state index in [9.17, 15) is 18.3 Å². The molecule has 1 saturated heterocycles. The minimum atomic E-state index is -4.12. The third-order valence-electron chi connectivity index (χ3n) is 5.17. The number of hydrogen-bond acceptors (Lipinski definition) is 4. The van der Waals surface area contributed by atoms with E-state index in [0.29, 0.717) is 43.6 Å². The third-order valence-corrected chi connectivity index (χ3v) is 5.17. The van der Waals surface area contributed by atoms with Gasteiger partial charge in [0, 0.05) is 31.9 Å². The lowest BCUT2D eigenvalue weighted by Gasteiger charge is -2.32. The molecule has 2 rings (SSSR count). The van der Waals surface area contributed by atoms with Crippen molar-refractivity contribution in [2.24, 2.45) is 18.0 Å². The van der Waals surface area contributed by atoms with E-state index < -0.39 is 18.3 Å². The van der Waals surface area contributed by atoms with Crippen LogP contribution in [0.25, 0.3) is 0 Å². The van der Waals surface area contributed by atoms with E-state index in [1.165, 1.54) is 4.90 Å². The first-order valence-electron chi connectivity index (χ1n) is 10.1. The van der Waals surface area contributed by atoms with E-state index >= 15 is 0 Å². The smallest absolute Gasteiger partial charge is 0.383 e. The summed E-state index contributed by atoms with van der Waals surface area (Å²) in [6.45, 7) is 5.40. The van der Waals surface area contributed by atoms with Gasteiger partial charge in [0.05, 0.1) is 19.3 Å². The Balaban J connectivity index is 1.77. The molecule has 0 bridgehead atoms. The molecular formula is C19H33F3N6O. The highest BCUT2D eigenvalue weighted by Crippen LogP contribution is 2.24. The van der Waals surface area contributed by atoms with Crippen LogP contribution in [0.2, 0.25) is 0 Å². The summed E-state index contributed by atoms with van der Waals surface area (Å²) in [5.74, 6) is 1.03. The molecule has 0 radical (unpaired) electrons. The van der Waals surface area contributed by atoms with Crippen molar-refractivity contribution in [1.82, 2.24) is 25.3 Å². The number of alkyl halides is 3. The molecule has 7 nitrogen and oxygen atoms in total. The summed E-state index contributed by atoms with van der Waals surface area (Å²) in [5.41, 5.74) is -0.424. The third kappa shape index (κ3) is 8.22. The number of likely N-dealkylation sites (tertiary alicyclic amines) is 1. The van der Waals surface area contributed by atoms with E-state index in [1.807, 2.05) is 6.92 Å². The Kier molecular flexibility index (Phi) is 8.33. The van der Waals surface area contributed by atoms with E-state index in [-0.39, 0.29) is 6.54 Å². The van der Waals surface area contributed by atoms with Gasteiger partial charge in [-0.05, 0) is 52.1 Å². The second kappa shape index (κ2) is 10.3. The van der Waals surface area contributed by atoms with Crippen LogP contribution in [0.4, 0.5) is 13.2 Å². The Morgan fingerprint density at radius 2 is 2.00 bits per heavy atom. The molecule has 2 heterocycles. The Morgan fingerprint density at radius 3 is 2.55 bits per heavy atom. The van der Waals surface area contributed by atoms with Crippen LogP contribution >= 0.6 is 0 Å².